The van der Waals surface area contributed by atoms with E-state index in [1.807, 2.05) is 0 Å². The third-order valence-corrected chi connectivity index (χ3v) is 4.98. The number of β-amino-alcohol motifs (C(OH)–C–C–N with tert-alkyl or cyclic N) is 1. The predicted octanol–water partition coefficient (Wildman–Crippen LogP) is 1.32. The fourth-order valence-corrected chi connectivity index (χ4v) is 3.66. The summed E-state index contributed by atoms with van der Waals surface area (Å²) in [6, 6.07) is 0.582. The van der Waals surface area contributed by atoms with Crippen molar-refractivity contribution in [1.82, 2.24) is 9.80 Å². The zero-order valence-electron chi connectivity index (χ0n) is 13.0. The monoisotopic (exact) mass is 284 g/mol. The van der Waals surface area contributed by atoms with Crippen LogP contribution in [0, 0.1) is 5.92 Å². The van der Waals surface area contributed by atoms with E-state index in [1.165, 1.54) is 25.7 Å². The lowest BCUT2D eigenvalue weighted by Gasteiger charge is -2.33. The molecule has 0 aromatic heterocycles. The van der Waals surface area contributed by atoms with Crippen molar-refractivity contribution in [3.63, 3.8) is 0 Å². The lowest BCUT2D eigenvalue weighted by molar-refractivity contribution is 0.0559. The molecule has 2 aliphatic rings. The third-order valence-electron chi connectivity index (χ3n) is 4.98. The number of likely N-dealkylation sites (tertiary alicyclic amines) is 2. The predicted molar refractivity (Wildman–Crippen MR) is 81.8 cm³/mol. The second-order valence-corrected chi connectivity index (χ2v) is 6.79. The number of aliphatic hydroxyl groups is 2. The molecule has 20 heavy (non-hydrogen) atoms. The highest BCUT2D eigenvalue weighted by atomic mass is 16.3. The van der Waals surface area contributed by atoms with Crippen molar-refractivity contribution in [2.24, 2.45) is 5.92 Å². The molecule has 0 aromatic rings. The van der Waals surface area contributed by atoms with Crippen molar-refractivity contribution in [3.8, 4) is 0 Å². The zero-order valence-corrected chi connectivity index (χ0v) is 13.0. The smallest absolute Gasteiger partial charge is 0.0793 e. The summed E-state index contributed by atoms with van der Waals surface area (Å²) in [5.74, 6) is 0.852. The van der Waals surface area contributed by atoms with Crippen LogP contribution in [-0.2, 0) is 0 Å². The second-order valence-electron chi connectivity index (χ2n) is 6.79. The fraction of sp³-hybridized carbons (Fsp3) is 1.00. The van der Waals surface area contributed by atoms with Crippen molar-refractivity contribution < 1.29 is 10.2 Å². The van der Waals surface area contributed by atoms with Gasteiger partial charge in [-0.15, -0.1) is 0 Å². The van der Waals surface area contributed by atoms with Crippen molar-refractivity contribution >= 4 is 0 Å². The molecule has 2 heterocycles. The van der Waals surface area contributed by atoms with Gasteiger partial charge in [-0.3, -0.25) is 4.90 Å². The van der Waals surface area contributed by atoms with Gasteiger partial charge in [-0.25, -0.2) is 0 Å². The zero-order chi connectivity index (χ0) is 14.4. The van der Waals surface area contributed by atoms with E-state index in [4.69, 9.17) is 5.11 Å². The molecule has 4 heteroatoms. The molecule has 0 saturated carbocycles. The topological polar surface area (TPSA) is 46.9 Å². The Labute approximate surface area is 123 Å². The van der Waals surface area contributed by atoms with E-state index in [0.717, 1.165) is 51.5 Å². The number of hydrogen-bond acceptors (Lipinski definition) is 4. The molecular formula is C16H32N2O2. The maximum atomic E-state index is 10.3. The van der Waals surface area contributed by atoms with Gasteiger partial charge in [-0.1, -0.05) is 6.92 Å². The van der Waals surface area contributed by atoms with Gasteiger partial charge in [0.2, 0.25) is 0 Å². The van der Waals surface area contributed by atoms with Gasteiger partial charge >= 0.3 is 0 Å². The Morgan fingerprint density at radius 2 is 1.85 bits per heavy atom. The summed E-state index contributed by atoms with van der Waals surface area (Å²) in [7, 11) is 0. The highest BCUT2D eigenvalue weighted by Gasteiger charge is 2.27. The van der Waals surface area contributed by atoms with E-state index in [1.54, 1.807) is 0 Å². The molecular weight excluding hydrogens is 252 g/mol. The summed E-state index contributed by atoms with van der Waals surface area (Å²) < 4.78 is 0. The van der Waals surface area contributed by atoms with Crippen molar-refractivity contribution in [3.05, 3.63) is 0 Å². The molecule has 2 saturated heterocycles. The summed E-state index contributed by atoms with van der Waals surface area (Å²) in [4.78, 5) is 4.86. The molecule has 2 atom stereocenters. The van der Waals surface area contributed by atoms with Crippen LogP contribution in [0.3, 0.4) is 0 Å². The Morgan fingerprint density at radius 3 is 2.55 bits per heavy atom. The molecule has 0 aliphatic carbocycles. The van der Waals surface area contributed by atoms with Gasteiger partial charge in [0.15, 0.2) is 0 Å². The Balaban J connectivity index is 1.69. The third kappa shape index (κ3) is 4.99. The Bertz CT molecular complexity index is 267. The maximum Gasteiger partial charge on any atom is 0.0793 e. The molecule has 0 bridgehead atoms. The highest BCUT2D eigenvalue weighted by molar-refractivity contribution is 4.82. The van der Waals surface area contributed by atoms with Crippen molar-refractivity contribution in [2.75, 3.05) is 39.3 Å². The van der Waals surface area contributed by atoms with Crippen LogP contribution in [0.1, 0.15) is 45.4 Å². The van der Waals surface area contributed by atoms with Gasteiger partial charge in [0.25, 0.3) is 0 Å². The molecule has 0 aromatic carbocycles. The van der Waals surface area contributed by atoms with Crippen LogP contribution in [0.5, 0.6) is 0 Å². The standard InChI is InChI=1S/C16H32N2O2/c1-14-6-9-17(10-7-14)12-16(20)13-18-8-2-4-15(18)5-3-11-19/h14-16,19-20H,2-13H2,1H3. The lowest BCUT2D eigenvalue weighted by atomic mass is 9.99. The number of piperidine rings is 1. The Hall–Kier alpha value is -0.160. The molecule has 2 fully saturated rings. The first-order valence-corrected chi connectivity index (χ1v) is 8.44. The Kier molecular flexibility index (Phi) is 6.75. The van der Waals surface area contributed by atoms with Crippen molar-refractivity contribution in [2.45, 2.75) is 57.6 Å². The van der Waals surface area contributed by atoms with E-state index >= 15 is 0 Å². The minimum atomic E-state index is -0.224. The normalized spacial score (nSPS) is 28.1. The molecule has 2 unspecified atom stereocenters. The average Bonchev–Trinajstić information content (AvgIpc) is 2.86. The number of hydrogen-bond donors (Lipinski definition) is 2. The maximum absolute atomic E-state index is 10.3. The van der Waals surface area contributed by atoms with Gasteiger partial charge in [-0.2, -0.15) is 0 Å². The van der Waals surface area contributed by atoms with Crippen LogP contribution in [0.4, 0.5) is 0 Å². The van der Waals surface area contributed by atoms with Gasteiger partial charge in [0, 0.05) is 25.7 Å². The first kappa shape index (κ1) is 16.2. The minimum absolute atomic E-state index is 0.224. The molecule has 118 valence electrons. The van der Waals surface area contributed by atoms with Crippen molar-refractivity contribution in [1.29, 1.82) is 0 Å². The summed E-state index contributed by atoms with van der Waals surface area (Å²) in [6.45, 7) is 7.66. The van der Waals surface area contributed by atoms with E-state index in [-0.39, 0.29) is 6.10 Å². The lowest BCUT2D eigenvalue weighted by Crippen LogP contribution is -2.44. The Morgan fingerprint density at radius 1 is 1.10 bits per heavy atom. The van der Waals surface area contributed by atoms with Crippen LogP contribution in [-0.4, -0.2) is 71.5 Å². The summed E-state index contributed by atoms with van der Waals surface area (Å²) in [6.07, 6.45) is 6.76. The first-order valence-electron chi connectivity index (χ1n) is 8.44. The number of nitrogens with zero attached hydrogens (tertiary/aromatic N) is 2. The van der Waals surface area contributed by atoms with E-state index in [9.17, 15) is 5.11 Å². The van der Waals surface area contributed by atoms with E-state index in [2.05, 4.69) is 16.7 Å². The highest BCUT2D eigenvalue weighted by Crippen LogP contribution is 2.22. The fourth-order valence-electron chi connectivity index (χ4n) is 3.66. The van der Waals surface area contributed by atoms with E-state index < -0.39 is 0 Å². The molecule has 2 rings (SSSR count). The van der Waals surface area contributed by atoms with Crippen LogP contribution in [0.25, 0.3) is 0 Å². The average molecular weight is 284 g/mol. The largest absolute Gasteiger partial charge is 0.396 e. The number of rotatable bonds is 7. The molecule has 4 nitrogen and oxygen atoms in total. The summed E-state index contributed by atoms with van der Waals surface area (Å²) in [5, 5.41) is 19.3. The molecule has 0 spiro atoms. The number of aliphatic hydroxyl groups excluding tert-OH is 2. The van der Waals surface area contributed by atoms with Gasteiger partial charge in [0.05, 0.1) is 6.10 Å². The van der Waals surface area contributed by atoms with E-state index in [0.29, 0.717) is 12.6 Å². The van der Waals surface area contributed by atoms with Crippen LogP contribution < -0.4 is 0 Å². The van der Waals surface area contributed by atoms with Crippen LogP contribution in [0.2, 0.25) is 0 Å². The van der Waals surface area contributed by atoms with Crippen LogP contribution in [0.15, 0.2) is 0 Å². The van der Waals surface area contributed by atoms with Crippen LogP contribution >= 0.6 is 0 Å². The SMILES string of the molecule is CC1CCN(CC(O)CN2CCCC2CCCO)CC1. The first-order chi connectivity index (χ1) is 9.69. The molecule has 2 aliphatic heterocycles. The van der Waals surface area contributed by atoms with Gasteiger partial charge in [-0.05, 0) is 64.1 Å². The quantitative estimate of drug-likeness (QED) is 0.740. The summed E-state index contributed by atoms with van der Waals surface area (Å²) >= 11 is 0. The van der Waals surface area contributed by atoms with Gasteiger partial charge in [0.1, 0.15) is 0 Å². The second kappa shape index (κ2) is 8.32. The minimum Gasteiger partial charge on any atom is -0.396 e. The molecule has 0 radical (unpaired) electrons. The van der Waals surface area contributed by atoms with Gasteiger partial charge < -0.3 is 15.1 Å². The molecule has 2 N–H and O–H groups in total. The summed E-state index contributed by atoms with van der Waals surface area (Å²) in [5.41, 5.74) is 0. The molecule has 0 amide bonds.